The SMILES string of the molecule is Cc1ccc(-c2cccc(-c3cccc(-c4c5ccccc5c(-c5ccc6ccccc6c5)c5ccccc45)c3)n2)nc1. The third kappa shape index (κ3) is 4.45. The number of fused-ring (bicyclic) bond motifs is 3. The van der Waals surface area contributed by atoms with Crippen LogP contribution in [0.15, 0.2) is 152 Å². The summed E-state index contributed by atoms with van der Waals surface area (Å²) in [5.41, 5.74) is 9.84. The van der Waals surface area contributed by atoms with Gasteiger partial charge in [-0.25, -0.2) is 4.98 Å². The second-order valence-electron chi connectivity index (χ2n) is 11.1. The Morgan fingerprint density at radius 2 is 0.977 bits per heavy atom. The van der Waals surface area contributed by atoms with Crippen molar-refractivity contribution in [3.63, 3.8) is 0 Å². The first-order valence-electron chi connectivity index (χ1n) is 14.7. The summed E-state index contributed by atoms with van der Waals surface area (Å²) in [6, 6.07) is 52.1. The maximum absolute atomic E-state index is 5.02. The fraction of sp³-hybridized carbons (Fsp3) is 0.0244. The molecule has 2 heteroatoms. The van der Waals surface area contributed by atoms with Crippen LogP contribution in [0, 0.1) is 6.92 Å². The largest absolute Gasteiger partial charge is 0.254 e. The molecule has 0 spiro atoms. The Morgan fingerprint density at radius 3 is 1.65 bits per heavy atom. The van der Waals surface area contributed by atoms with Crippen LogP contribution < -0.4 is 0 Å². The summed E-state index contributed by atoms with van der Waals surface area (Å²) in [5.74, 6) is 0. The first-order chi connectivity index (χ1) is 21.2. The van der Waals surface area contributed by atoms with Gasteiger partial charge in [0.15, 0.2) is 0 Å². The van der Waals surface area contributed by atoms with Crippen molar-refractivity contribution in [2.45, 2.75) is 6.92 Å². The first-order valence-corrected chi connectivity index (χ1v) is 14.7. The summed E-state index contributed by atoms with van der Waals surface area (Å²) >= 11 is 0. The third-order valence-corrected chi connectivity index (χ3v) is 8.34. The topological polar surface area (TPSA) is 25.8 Å². The van der Waals surface area contributed by atoms with Crippen LogP contribution in [-0.4, -0.2) is 9.97 Å². The van der Waals surface area contributed by atoms with Gasteiger partial charge in [0.25, 0.3) is 0 Å². The maximum atomic E-state index is 5.02. The minimum Gasteiger partial charge on any atom is -0.254 e. The Bertz CT molecular complexity index is 2240. The van der Waals surface area contributed by atoms with Gasteiger partial charge in [-0.05, 0) is 97.4 Å². The molecular formula is C41H28N2. The zero-order chi connectivity index (χ0) is 28.8. The lowest BCUT2D eigenvalue weighted by atomic mass is 9.85. The van der Waals surface area contributed by atoms with Crippen LogP contribution in [0.4, 0.5) is 0 Å². The van der Waals surface area contributed by atoms with E-state index in [0.717, 1.165) is 28.2 Å². The lowest BCUT2D eigenvalue weighted by Crippen LogP contribution is -1.92. The van der Waals surface area contributed by atoms with E-state index in [-0.39, 0.29) is 0 Å². The fourth-order valence-corrected chi connectivity index (χ4v) is 6.29. The molecule has 43 heavy (non-hydrogen) atoms. The van der Waals surface area contributed by atoms with Gasteiger partial charge in [-0.2, -0.15) is 0 Å². The smallest absolute Gasteiger partial charge is 0.0893 e. The van der Waals surface area contributed by atoms with Crippen LogP contribution in [0.5, 0.6) is 0 Å². The quantitative estimate of drug-likeness (QED) is 0.204. The van der Waals surface area contributed by atoms with Crippen LogP contribution in [-0.2, 0) is 0 Å². The highest BCUT2D eigenvalue weighted by Crippen LogP contribution is 2.44. The number of rotatable bonds is 4. The number of pyridine rings is 2. The van der Waals surface area contributed by atoms with Gasteiger partial charge in [0.1, 0.15) is 0 Å². The van der Waals surface area contributed by atoms with Crippen molar-refractivity contribution in [3.8, 4) is 44.9 Å². The monoisotopic (exact) mass is 548 g/mol. The van der Waals surface area contributed by atoms with Gasteiger partial charge in [0.2, 0.25) is 0 Å². The van der Waals surface area contributed by atoms with Crippen molar-refractivity contribution in [1.29, 1.82) is 0 Å². The van der Waals surface area contributed by atoms with E-state index in [2.05, 4.69) is 138 Å². The molecule has 2 heterocycles. The van der Waals surface area contributed by atoms with Crippen molar-refractivity contribution in [3.05, 3.63) is 157 Å². The Kier molecular flexibility index (Phi) is 6.05. The summed E-state index contributed by atoms with van der Waals surface area (Å²) < 4.78 is 0. The molecular weight excluding hydrogens is 520 g/mol. The van der Waals surface area contributed by atoms with Crippen LogP contribution in [0.2, 0.25) is 0 Å². The average molecular weight is 549 g/mol. The predicted octanol–water partition coefficient (Wildman–Crippen LogP) is 10.9. The van der Waals surface area contributed by atoms with E-state index < -0.39 is 0 Å². The molecule has 0 saturated heterocycles. The summed E-state index contributed by atoms with van der Waals surface area (Å²) in [6.07, 6.45) is 1.89. The van der Waals surface area contributed by atoms with Crippen LogP contribution in [0.3, 0.4) is 0 Å². The zero-order valence-electron chi connectivity index (χ0n) is 23.8. The van der Waals surface area contributed by atoms with E-state index in [4.69, 9.17) is 4.98 Å². The number of nitrogens with zero attached hydrogens (tertiary/aromatic N) is 2. The summed E-state index contributed by atoms with van der Waals surface area (Å²) in [4.78, 5) is 9.62. The molecule has 0 radical (unpaired) electrons. The lowest BCUT2D eigenvalue weighted by Gasteiger charge is -2.18. The molecule has 6 aromatic carbocycles. The van der Waals surface area contributed by atoms with E-state index in [9.17, 15) is 0 Å². The number of aryl methyl sites for hydroxylation is 1. The molecule has 0 bridgehead atoms. The highest BCUT2D eigenvalue weighted by Gasteiger charge is 2.17. The second-order valence-corrected chi connectivity index (χ2v) is 11.1. The normalized spacial score (nSPS) is 11.4. The van der Waals surface area contributed by atoms with Crippen LogP contribution in [0.25, 0.3) is 77.2 Å². The molecule has 202 valence electrons. The molecule has 0 saturated carbocycles. The van der Waals surface area contributed by atoms with Crippen molar-refractivity contribution >= 4 is 32.3 Å². The fourth-order valence-electron chi connectivity index (χ4n) is 6.29. The summed E-state index contributed by atoms with van der Waals surface area (Å²) in [6.45, 7) is 2.05. The number of aromatic nitrogens is 2. The van der Waals surface area contributed by atoms with Gasteiger partial charge in [0.05, 0.1) is 17.1 Å². The molecule has 0 amide bonds. The minimum atomic E-state index is 0.874. The maximum Gasteiger partial charge on any atom is 0.0893 e. The number of benzene rings is 6. The standard InChI is InChI=1S/C41H28N2/c1-27-20-23-38(42-26-27)39-19-9-18-37(43-39)30-12-8-13-31(25-30)40-33-14-4-6-16-35(33)41(36-17-7-5-15-34(36)40)32-22-21-28-10-2-3-11-29(28)24-32/h2-26H,1H3. The van der Waals surface area contributed by atoms with Crippen molar-refractivity contribution in [1.82, 2.24) is 9.97 Å². The lowest BCUT2D eigenvalue weighted by molar-refractivity contribution is 1.22. The number of hydrogen-bond donors (Lipinski definition) is 0. The highest BCUT2D eigenvalue weighted by atomic mass is 14.8. The molecule has 2 aromatic heterocycles. The van der Waals surface area contributed by atoms with E-state index in [1.807, 2.05) is 25.3 Å². The minimum absolute atomic E-state index is 0.874. The van der Waals surface area contributed by atoms with E-state index >= 15 is 0 Å². The Morgan fingerprint density at radius 1 is 0.395 bits per heavy atom. The molecule has 8 rings (SSSR count). The second kappa shape index (κ2) is 10.3. The predicted molar refractivity (Wildman–Crippen MR) is 181 cm³/mol. The Labute approximate surface area is 251 Å². The molecule has 0 aliphatic rings. The molecule has 0 atom stereocenters. The van der Waals surface area contributed by atoms with Crippen LogP contribution >= 0.6 is 0 Å². The van der Waals surface area contributed by atoms with Gasteiger partial charge in [-0.3, -0.25) is 4.98 Å². The molecule has 0 aliphatic carbocycles. The van der Waals surface area contributed by atoms with Gasteiger partial charge in [-0.15, -0.1) is 0 Å². The molecule has 0 unspecified atom stereocenters. The van der Waals surface area contributed by atoms with Crippen LogP contribution in [0.1, 0.15) is 5.56 Å². The summed E-state index contributed by atoms with van der Waals surface area (Å²) in [7, 11) is 0. The van der Waals surface area contributed by atoms with Crippen molar-refractivity contribution < 1.29 is 0 Å². The Balaban J connectivity index is 1.33. The molecule has 0 N–H and O–H groups in total. The molecule has 2 nitrogen and oxygen atoms in total. The van der Waals surface area contributed by atoms with Gasteiger partial charge in [-0.1, -0.05) is 115 Å². The Hall–Kier alpha value is -5.60. The molecule has 0 fully saturated rings. The zero-order valence-corrected chi connectivity index (χ0v) is 23.8. The highest BCUT2D eigenvalue weighted by molar-refractivity contribution is 6.21. The third-order valence-electron chi connectivity index (χ3n) is 8.34. The van der Waals surface area contributed by atoms with E-state index in [0.29, 0.717) is 0 Å². The van der Waals surface area contributed by atoms with E-state index in [1.165, 1.54) is 54.6 Å². The van der Waals surface area contributed by atoms with Gasteiger partial charge < -0.3 is 0 Å². The van der Waals surface area contributed by atoms with Crippen molar-refractivity contribution in [2.24, 2.45) is 0 Å². The van der Waals surface area contributed by atoms with Gasteiger partial charge in [0, 0.05) is 11.8 Å². The van der Waals surface area contributed by atoms with E-state index in [1.54, 1.807) is 0 Å². The first kappa shape index (κ1) is 25.1. The van der Waals surface area contributed by atoms with Gasteiger partial charge >= 0.3 is 0 Å². The number of hydrogen-bond acceptors (Lipinski definition) is 2. The summed E-state index contributed by atoms with van der Waals surface area (Å²) in [5, 5.41) is 7.49. The average Bonchev–Trinajstić information content (AvgIpc) is 3.07. The molecule has 8 aromatic rings. The van der Waals surface area contributed by atoms with Crippen molar-refractivity contribution in [2.75, 3.05) is 0 Å². The molecule has 0 aliphatic heterocycles.